The van der Waals surface area contributed by atoms with E-state index in [9.17, 15) is 0 Å². The third-order valence-electron chi connectivity index (χ3n) is 2.36. The van der Waals surface area contributed by atoms with Crippen molar-refractivity contribution in [2.24, 2.45) is 0 Å². The molecule has 16 heavy (non-hydrogen) atoms. The molecule has 1 saturated heterocycles. The SMILES string of the molecule is C=CCB1OB(C)OB(c2ccccc2)O1. The molecule has 0 aromatic heterocycles. The number of hydrogen-bond acceptors (Lipinski definition) is 3. The molecule has 1 aliphatic rings. The maximum absolute atomic E-state index is 5.67. The van der Waals surface area contributed by atoms with Gasteiger partial charge in [0.1, 0.15) is 0 Å². The van der Waals surface area contributed by atoms with Gasteiger partial charge in [0, 0.05) is 0 Å². The summed E-state index contributed by atoms with van der Waals surface area (Å²) in [5, 5.41) is 0. The van der Waals surface area contributed by atoms with E-state index in [0.29, 0.717) is 6.32 Å². The monoisotopic (exact) mass is 214 g/mol. The van der Waals surface area contributed by atoms with Crippen LogP contribution in [0.3, 0.4) is 0 Å². The van der Waals surface area contributed by atoms with E-state index in [4.69, 9.17) is 13.7 Å². The lowest BCUT2D eigenvalue weighted by Gasteiger charge is -2.29. The molecule has 0 bridgehead atoms. The fraction of sp³-hybridized carbons (Fsp3) is 0.200. The van der Waals surface area contributed by atoms with Crippen LogP contribution in [0.25, 0.3) is 0 Å². The summed E-state index contributed by atoms with van der Waals surface area (Å²) in [5.41, 5.74) is 1.01. The average molecular weight is 214 g/mol. The van der Waals surface area contributed by atoms with Crippen molar-refractivity contribution in [2.45, 2.75) is 13.1 Å². The van der Waals surface area contributed by atoms with Crippen LogP contribution in [0.4, 0.5) is 0 Å². The molecule has 0 unspecified atom stereocenters. The van der Waals surface area contributed by atoms with Gasteiger partial charge in [-0.3, -0.25) is 0 Å². The minimum absolute atomic E-state index is 0.260. The highest BCUT2D eigenvalue weighted by atomic mass is 16.7. The molecule has 0 saturated carbocycles. The molecule has 80 valence electrons. The van der Waals surface area contributed by atoms with Gasteiger partial charge in [-0.05, 0) is 18.6 Å². The lowest BCUT2D eigenvalue weighted by molar-refractivity contribution is 0.296. The molecule has 1 aromatic rings. The predicted octanol–water partition coefficient (Wildman–Crippen LogP) is 1.24. The first-order valence-electron chi connectivity index (χ1n) is 5.42. The van der Waals surface area contributed by atoms with Crippen molar-refractivity contribution in [3.05, 3.63) is 43.0 Å². The summed E-state index contributed by atoms with van der Waals surface area (Å²) >= 11 is 0. The zero-order valence-electron chi connectivity index (χ0n) is 9.34. The van der Waals surface area contributed by atoms with E-state index in [2.05, 4.69) is 6.58 Å². The summed E-state index contributed by atoms with van der Waals surface area (Å²) in [6.07, 6.45) is 2.45. The van der Waals surface area contributed by atoms with Crippen molar-refractivity contribution in [3.8, 4) is 0 Å². The highest BCUT2D eigenvalue weighted by Crippen LogP contribution is 2.11. The summed E-state index contributed by atoms with van der Waals surface area (Å²) in [4.78, 5) is 0. The second kappa shape index (κ2) is 5.39. The van der Waals surface area contributed by atoms with Crippen LogP contribution in [0, 0.1) is 0 Å². The lowest BCUT2D eigenvalue weighted by atomic mass is 9.66. The van der Waals surface area contributed by atoms with E-state index in [-0.39, 0.29) is 21.4 Å². The molecule has 0 N–H and O–H groups in total. The van der Waals surface area contributed by atoms with E-state index >= 15 is 0 Å². The van der Waals surface area contributed by atoms with Crippen LogP contribution in [0.15, 0.2) is 43.0 Å². The first-order chi connectivity index (χ1) is 7.79. The molecule has 0 spiro atoms. The summed E-state index contributed by atoms with van der Waals surface area (Å²) in [6.45, 7) is 5.55. The van der Waals surface area contributed by atoms with Crippen molar-refractivity contribution < 1.29 is 13.7 Å². The third kappa shape index (κ3) is 2.79. The molecule has 2 rings (SSSR count). The van der Waals surface area contributed by atoms with Gasteiger partial charge >= 0.3 is 21.4 Å². The fourth-order valence-corrected chi connectivity index (χ4v) is 1.64. The lowest BCUT2D eigenvalue weighted by Crippen LogP contribution is -2.52. The summed E-state index contributed by atoms with van der Waals surface area (Å²) in [5.74, 6) is 0. The molecular formula is C10H13B3O3. The molecule has 1 aliphatic heterocycles. The summed E-state index contributed by atoms with van der Waals surface area (Å²) < 4.78 is 16.7. The van der Waals surface area contributed by atoms with E-state index in [1.807, 2.05) is 37.2 Å². The number of rotatable bonds is 3. The highest BCUT2D eigenvalue weighted by molar-refractivity contribution is 6.79. The zero-order chi connectivity index (χ0) is 11.4. The van der Waals surface area contributed by atoms with Gasteiger partial charge in [0.25, 0.3) is 0 Å². The van der Waals surface area contributed by atoms with Gasteiger partial charge in [0.15, 0.2) is 0 Å². The number of hydrogen-bond donors (Lipinski definition) is 0. The van der Waals surface area contributed by atoms with Crippen LogP contribution in [0.2, 0.25) is 13.1 Å². The number of benzene rings is 1. The average Bonchev–Trinajstić information content (AvgIpc) is 2.30. The molecule has 0 radical (unpaired) electrons. The van der Waals surface area contributed by atoms with Crippen LogP contribution in [0.5, 0.6) is 0 Å². The zero-order valence-corrected chi connectivity index (χ0v) is 9.34. The number of allylic oxidation sites excluding steroid dienone is 1. The fourth-order valence-electron chi connectivity index (χ4n) is 1.64. The summed E-state index contributed by atoms with van der Waals surface area (Å²) in [7, 11) is -0.884. The maximum atomic E-state index is 5.67. The predicted molar refractivity (Wildman–Crippen MR) is 67.5 cm³/mol. The van der Waals surface area contributed by atoms with Crippen LogP contribution in [-0.4, -0.2) is 21.4 Å². The Morgan fingerprint density at radius 3 is 2.62 bits per heavy atom. The Labute approximate surface area is 97.2 Å². The van der Waals surface area contributed by atoms with Gasteiger partial charge in [-0.1, -0.05) is 36.4 Å². The molecule has 3 nitrogen and oxygen atoms in total. The minimum Gasteiger partial charge on any atom is -0.452 e. The van der Waals surface area contributed by atoms with Gasteiger partial charge in [0.2, 0.25) is 0 Å². The Morgan fingerprint density at radius 2 is 1.94 bits per heavy atom. The van der Waals surface area contributed by atoms with Gasteiger partial charge in [0.05, 0.1) is 0 Å². The Kier molecular flexibility index (Phi) is 3.88. The molecule has 0 amide bonds. The van der Waals surface area contributed by atoms with Crippen molar-refractivity contribution in [2.75, 3.05) is 0 Å². The van der Waals surface area contributed by atoms with Crippen LogP contribution < -0.4 is 5.46 Å². The quantitative estimate of drug-likeness (QED) is 0.559. The Hall–Kier alpha value is -0.965. The van der Waals surface area contributed by atoms with Crippen molar-refractivity contribution in [3.63, 3.8) is 0 Å². The highest BCUT2D eigenvalue weighted by Gasteiger charge is 2.38. The van der Waals surface area contributed by atoms with Gasteiger partial charge in [-0.2, -0.15) is 0 Å². The van der Waals surface area contributed by atoms with E-state index in [1.165, 1.54) is 0 Å². The summed E-state index contributed by atoms with van der Waals surface area (Å²) in [6, 6.07) is 9.85. The molecule has 0 aliphatic carbocycles. The van der Waals surface area contributed by atoms with Crippen LogP contribution >= 0.6 is 0 Å². The molecule has 1 fully saturated rings. The van der Waals surface area contributed by atoms with Crippen molar-refractivity contribution >= 4 is 26.8 Å². The Morgan fingerprint density at radius 1 is 1.19 bits per heavy atom. The van der Waals surface area contributed by atoms with Gasteiger partial charge in [-0.25, -0.2) is 0 Å². The van der Waals surface area contributed by atoms with E-state index in [1.54, 1.807) is 6.08 Å². The Bertz CT molecular complexity index is 346. The maximum Gasteiger partial charge on any atom is 0.466 e. The minimum atomic E-state index is -0.352. The third-order valence-corrected chi connectivity index (χ3v) is 2.36. The van der Waals surface area contributed by atoms with Crippen molar-refractivity contribution in [1.82, 2.24) is 0 Å². The Balaban J connectivity index is 2.07. The second-order valence-corrected chi connectivity index (χ2v) is 3.67. The van der Waals surface area contributed by atoms with E-state index in [0.717, 1.165) is 5.46 Å². The van der Waals surface area contributed by atoms with Gasteiger partial charge in [-0.15, -0.1) is 6.58 Å². The molecule has 1 heterocycles. The molecule has 1 aromatic carbocycles. The molecule has 6 heteroatoms. The standard InChI is InChI=1S/C10H13B3O3/c1-3-9-12-14-11(2)15-13(16-12)10-7-5-4-6-8-10/h3-8H,1,9H2,2H3. The van der Waals surface area contributed by atoms with Crippen LogP contribution in [-0.2, 0) is 13.7 Å². The van der Waals surface area contributed by atoms with E-state index < -0.39 is 0 Å². The molecular weight excluding hydrogens is 201 g/mol. The van der Waals surface area contributed by atoms with Crippen molar-refractivity contribution in [1.29, 1.82) is 0 Å². The normalized spacial score (nSPS) is 16.4. The topological polar surface area (TPSA) is 27.7 Å². The first-order valence-corrected chi connectivity index (χ1v) is 5.42. The van der Waals surface area contributed by atoms with Crippen LogP contribution in [0.1, 0.15) is 0 Å². The van der Waals surface area contributed by atoms with Gasteiger partial charge < -0.3 is 13.7 Å². The largest absolute Gasteiger partial charge is 0.466 e. The second-order valence-electron chi connectivity index (χ2n) is 3.67. The smallest absolute Gasteiger partial charge is 0.452 e. The molecule has 0 atom stereocenters. The first kappa shape index (κ1) is 11.5.